The van der Waals surface area contributed by atoms with Crippen LogP contribution in [-0.4, -0.2) is 25.2 Å². The van der Waals surface area contributed by atoms with E-state index in [-0.39, 0.29) is 24.4 Å². The lowest BCUT2D eigenvalue weighted by Crippen LogP contribution is -2.31. The van der Waals surface area contributed by atoms with Crippen LogP contribution in [0.1, 0.15) is 56.6 Å². The third kappa shape index (κ3) is 7.82. The number of carbonyl (C=O) groups excluding carboxylic acids is 1. The van der Waals surface area contributed by atoms with E-state index in [9.17, 15) is 4.79 Å². The highest BCUT2D eigenvalue weighted by Crippen LogP contribution is 2.19. The monoisotopic (exact) mass is 340 g/mol. The van der Waals surface area contributed by atoms with Crippen molar-refractivity contribution in [3.8, 4) is 0 Å². The van der Waals surface area contributed by atoms with Gasteiger partial charge in [0.2, 0.25) is 5.91 Å². The minimum Gasteiger partial charge on any atom is -0.376 e. The fourth-order valence-corrected chi connectivity index (χ4v) is 2.91. The van der Waals surface area contributed by atoms with Crippen LogP contribution in [0.3, 0.4) is 0 Å². The Hall–Kier alpha value is -1.10. The highest BCUT2D eigenvalue weighted by Gasteiger charge is 2.13. The molecular weight excluding hydrogens is 312 g/mol. The van der Waals surface area contributed by atoms with E-state index in [1.807, 2.05) is 30.3 Å². The summed E-state index contributed by atoms with van der Waals surface area (Å²) in [5, 5.41) is 2.89. The van der Waals surface area contributed by atoms with Crippen molar-refractivity contribution in [2.24, 2.45) is 5.73 Å². The van der Waals surface area contributed by atoms with Crippen molar-refractivity contribution in [3.05, 3.63) is 35.9 Å². The topological polar surface area (TPSA) is 64.4 Å². The molecule has 0 spiro atoms. The van der Waals surface area contributed by atoms with Crippen LogP contribution in [0.2, 0.25) is 0 Å². The van der Waals surface area contributed by atoms with Gasteiger partial charge in [0, 0.05) is 19.0 Å². The minimum absolute atomic E-state index is 0. The number of halogens is 1. The maximum absolute atomic E-state index is 11.9. The Kier molecular flexibility index (Phi) is 9.92. The van der Waals surface area contributed by atoms with Crippen LogP contribution >= 0.6 is 12.4 Å². The van der Waals surface area contributed by atoms with E-state index in [0.29, 0.717) is 25.7 Å². The number of ether oxygens (including phenoxy) is 1. The lowest BCUT2D eigenvalue weighted by atomic mass is 10.0. The van der Waals surface area contributed by atoms with E-state index in [2.05, 4.69) is 5.32 Å². The Bertz CT molecular complexity index is 434. The molecule has 3 N–H and O–H groups in total. The van der Waals surface area contributed by atoms with Crippen LogP contribution in [0.4, 0.5) is 0 Å². The Morgan fingerprint density at radius 3 is 2.48 bits per heavy atom. The van der Waals surface area contributed by atoms with E-state index in [4.69, 9.17) is 10.5 Å². The molecule has 1 fully saturated rings. The first-order chi connectivity index (χ1) is 10.8. The normalized spacial score (nSPS) is 16.9. The third-order valence-electron chi connectivity index (χ3n) is 4.21. The molecule has 1 saturated carbocycles. The van der Waals surface area contributed by atoms with Gasteiger partial charge in [0.15, 0.2) is 0 Å². The zero-order valence-corrected chi connectivity index (χ0v) is 14.5. The molecule has 5 heteroatoms. The molecule has 0 radical (unpaired) electrons. The van der Waals surface area contributed by atoms with Crippen LogP contribution in [-0.2, 0) is 9.53 Å². The van der Waals surface area contributed by atoms with Gasteiger partial charge in [-0.2, -0.15) is 0 Å². The largest absolute Gasteiger partial charge is 0.376 e. The summed E-state index contributed by atoms with van der Waals surface area (Å²) in [7, 11) is 0. The first-order valence-electron chi connectivity index (χ1n) is 8.44. The predicted molar refractivity (Wildman–Crippen MR) is 95.7 cm³/mol. The molecule has 1 aromatic carbocycles. The number of amides is 1. The minimum atomic E-state index is -0.246. The first-order valence-corrected chi connectivity index (χ1v) is 8.44. The molecule has 1 atom stereocenters. The van der Waals surface area contributed by atoms with Gasteiger partial charge in [-0.1, -0.05) is 56.0 Å². The second kappa shape index (κ2) is 11.4. The smallest absolute Gasteiger partial charge is 0.221 e. The van der Waals surface area contributed by atoms with Gasteiger partial charge in [0.05, 0.1) is 12.7 Å². The first kappa shape index (κ1) is 19.9. The SMILES string of the molecule is Cl.NC(CC(=O)NCCOC1CCCCCC1)c1ccccc1. The fourth-order valence-electron chi connectivity index (χ4n) is 2.91. The van der Waals surface area contributed by atoms with Crippen molar-refractivity contribution in [1.29, 1.82) is 0 Å². The molecule has 0 aliphatic heterocycles. The number of nitrogens with two attached hydrogens (primary N) is 1. The summed E-state index contributed by atoms with van der Waals surface area (Å²) < 4.78 is 5.86. The average molecular weight is 341 g/mol. The molecule has 0 saturated heterocycles. The summed E-state index contributed by atoms with van der Waals surface area (Å²) in [6.45, 7) is 1.16. The van der Waals surface area contributed by atoms with Crippen molar-refractivity contribution in [3.63, 3.8) is 0 Å². The van der Waals surface area contributed by atoms with Gasteiger partial charge >= 0.3 is 0 Å². The van der Waals surface area contributed by atoms with Crippen LogP contribution < -0.4 is 11.1 Å². The molecule has 23 heavy (non-hydrogen) atoms. The van der Waals surface area contributed by atoms with Gasteiger partial charge in [-0.3, -0.25) is 4.79 Å². The summed E-state index contributed by atoms with van der Waals surface area (Å²) >= 11 is 0. The Labute approximate surface area is 145 Å². The number of hydrogen-bond donors (Lipinski definition) is 2. The molecule has 0 bridgehead atoms. The zero-order valence-electron chi connectivity index (χ0n) is 13.7. The lowest BCUT2D eigenvalue weighted by Gasteiger charge is -2.16. The Morgan fingerprint density at radius 1 is 1.17 bits per heavy atom. The van der Waals surface area contributed by atoms with E-state index in [1.165, 1.54) is 25.7 Å². The van der Waals surface area contributed by atoms with Crippen molar-refractivity contribution in [2.75, 3.05) is 13.2 Å². The molecule has 1 aliphatic carbocycles. The van der Waals surface area contributed by atoms with E-state index in [0.717, 1.165) is 18.4 Å². The van der Waals surface area contributed by atoms with Crippen molar-refractivity contribution in [2.45, 2.75) is 57.1 Å². The van der Waals surface area contributed by atoms with Gasteiger partial charge in [0.25, 0.3) is 0 Å². The molecule has 4 nitrogen and oxygen atoms in total. The molecule has 1 aliphatic rings. The van der Waals surface area contributed by atoms with Crippen LogP contribution in [0.25, 0.3) is 0 Å². The van der Waals surface area contributed by atoms with Gasteiger partial charge in [-0.05, 0) is 18.4 Å². The van der Waals surface area contributed by atoms with Gasteiger partial charge < -0.3 is 15.8 Å². The molecule has 0 aromatic heterocycles. The standard InChI is InChI=1S/C18H28N2O2.ClH/c19-17(15-8-4-3-5-9-15)14-18(21)20-12-13-22-16-10-6-1-2-7-11-16;/h3-5,8-9,16-17H,1-2,6-7,10-14,19H2,(H,20,21);1H. The summed E-state index contributed by atoms with van der Waals surface area (Å²) in [4.78, 5) is 11.9. The highest BCUT2D eigenvalue weighted by atomic mass is 35.5. The number of hydrogen-bond acceptors (Lipinski definition) is 3. The maximum Gasteiger partial charge on any atom is 0.221 e. The van der Waals surface area contributed by atoms with E-state index < -0.39 is 0 Å². The molecule has 130 valence electrons. The maximum atomic E-state index is 11.9. The Morgan fingerprint density at radius 2 is 1.83 bits per heavy atom. The second-order valence-electron chi connectivity index (χ2n) is 6.06. The third-order valence-corrected chi connectivity index (χ3v) is 4.21. The average Bonchev–Trinajstić information content (AvgIpc) is 2.81. The van der Waals surface area contributed by atoms with Crippen LogP contribution in [0.15, 0.2) is 30.3 Å². The fraction of sp³-hybridized carbons (Fsp3) is 0.611. The van der Waals surface area contributed by atoms with Gasteiger partial charge in [0.1, 0.15) is 0 Å². The van der Waals surface area contributed by atoms with Crippen LogP contribution in [0.5, 0.6) is 0 Å². The summed E-state index contributed by atoms with van der Waals surface area (Å²) in [6, 6.07) is 9.48. The van der Waals surface area contributed by atoms with Gasteiger partial charge in [-0.15, -0.1) is 12.4 Å². The summed E-state index contributed by atoms with van der Waals surface area (Å²) in [5.74, 6) is -0.0131. The molecular formula is C18H29ClN2O2. The van der Waals surface area contributed by atoms with Crippen molar-refractivity contribution < 1.29 is 9.53 Å². The van der Waals surface area contributed by atoms with E-state index >= 15 is 0 Å². The zero-order chi connectivity index (χ0) is 15.6. The van der Waals surface area contributed by atoms with Gasteiger partial charge in [-0.25, -0.2) is 0 Å². The quantitative estimate of drug-likeness (QED) is 0.591. The number of carbonyl (C=O) groups is 1. The van der Waals surface area contributed by atoms with Crippen molar-refractivity contribution in [1.82, 2.24) is 5.32 Å². The van der Waals surface area contributed by atoms with E-state index in [1.54, 1.807) is 0 Å². The van der Waals surface area contributed by atoms with Crippen molar-refractivity contribution >= 4 is 18.3 Å². The Balaban J connectivity index is 0.00000264. The highest BCUT2D eigenvalue weighted by molar-refractivity contribution is 5.85. The molecule has 1 unspecified atom stereocenters. The summed E-state index contributed by atoms with van der Waals surface area (Å²) in [5.41, 5.74) is 7.04. The number of nitrogens with one attached hydrogen (secondary N) is 1. The summed E-state index contributed by atoms with van der Waals surface area (Å²) in [6.07, 6.45) is 8.20. The lowest BCUT2D eigenvalue weighted by molar-refractivity contribution is -0.121. The molecule has 2 rings (SSSR count). The molecule has 1 amide bonds. The predicted octanol–water partition coefficient (Wildman–Crippen LogP) is 3.35. The number of benzene rings is 1. The second-order valence-corrected chi connectivity index (χ2v) is 6.06. The van der Waals surface area contributed by atoms with Crippen LogP contribution in [0, 0.1) is 0 Å². The molecule has 1 aromatic rings. The molecule has 0 heterocycles. The number of rotatable bonds is 7.